The molecule has 0 aliphatic heterocycles. The van der Waals surface area contributed by atoms with Gasteiger partial charge in [0, 0.05) is 12.7 Å². The van der Waals surface area contributed by atoms with Crippen LogP contribution >= 0.6 is 0 Å². The van der Waals surface area contributed by atoms with Gasteiger partial charge in [0.1, 0.15) is 5.82 Å². The van der Waals surface area contributed by atoms with Gasteiger partial charge in [-0.3, -0.25) is 4.79 Å². The van der Waals surface area contributed by atoms with Gasteiger partial charge in [-0.15, -0.1) is 10.2 Å². The van der Waals surface area contributed by atoms with Crippen LogP contribution in [-0.4, -0.2) is 23.2 Å². The van der Waals surface area contributed by atoms with Gasteiger partial charge in [-0.05, 0) is 37.6 Å². The van der Waals surface area contributed by atoms with Crippen LogP contribution in [0.4, 0.5) is 11.5 Å². The van der Waals surface area contributed by atoms with Crippen molar-refractivity contribution in [3.63, 3.8) is 0 Å². The van der Waals surface area contributed by atoms with Crippen LogP contribution in [0.25, 0.3) is 0 Å². The van der Waals surface area contributed by atoms with Gasteiger partial charge >= 0.3 is 0 Å². The minimum Gasteiger partial charge on any atom is -0.382 e. The fraction of sp³-hybridized carbons (Fsp3) is 0.214. The van der Waals surface area contributed by atoms with Gasteiger partial charge in [-0.25, -0.2) is 0 Å². The van der Waals surface area contributed by atoms with Crippen LogP contribution in [0.2, 0.25) is 0 Å². The van der Waals surface area contributed by atoms with Crippen LogP contribution in [-0.2, 0) is 0 Å². The van der Waals surface area contributed by atoms with Crippen molar-refractivity contribution in [1.82, 2.24) is 10.2 Å². The Labute approximate surface area is 112 Å². The third-order valence-electron chi connectivity index (χ3n) is 2.92. The number of rotatable bonds is 2. The topological polar surface area (TPSA) is 72.1 Å². The Bertz CT molecular complexity index is 607. The molecule has 0 radical (unpaired) electrons. The summed E-state index contributed by atoms with van der Waals surface area (Å²) in [7, 11) is 1.72. The molecule has 0 saturated heterocycles. The van der Waals surface area contributed by atoms with E-state index in [-0.39, 0.29) is 11.6 Å². The summed E-state index contributed by atoms with van der Waals surface area (Å²) in [6.07, 6.45) is 0. The Hall–Kier alpha value is -2.43. The number of hydrogen-bond acceptors (Lipinski definition) is 4. The maximum absolute atomic E-state index is 12.3. The third kappa shape index (κ3) is 2.70. The molecule has 2 aromatic rings. The predicted octanol–water partition coefficient (Wildman–Crippen LogP) is 1.95. The average molecular weight is 256 g/mol. The van der Waals surface area contributed by atoms with Crippen LogP contribution in [0.1, 0.15) is 21.6 Å². The van der Waals surface area contributed by atoms with Gasteiger partial charge in [-0.2, -0.15) is 0 Å². The average Bonchev–Trinajstić information content (AvgIpc) is 2.38. The molecule has 0 atom stereocenters. The molecule has 1 aromatic carbocycles. The molecule has 2 N–H and O–H groups in total. The zero-order valence-corrected chi connectivity index (χ0v) is 11.2. The summed E-state index contributed by atoms with van der Waals surface area (Å²) in [6, 6.07) is 9.07. The molecule has 0 aliphatic rings. The second-order valence-electron chi connectivity index (χ2n) is 4.50. The Kier molecular flexibility index (Phi) is 3.46. The largest absolute Gasteiger partial charge is 0.382 e. The van der Waals surface area contributed by atoms with Crippen molar-refractivity contribution in [3.05, 3.63) is 47.2 Å². The zero-order valence-electron chi connectivity index (χ0n) is 11.2. The number of nitrogen functional groups attached to an aromatic ring is 1. The summed E-state index contributed by atoms with van der Waals surface area (Å²) in [5.74, 6) is 0.0881. The van der Waals surface area contributed by atoms with Gasteiger partial charge < -0.3 is 10.6 Å². The Morgan fingerprint density at radius 2 is 1.89 bits per heavy atom. The van der Waals surface area contributed by atoms with Crippen molar-refractivity contribution in [3.8, 4) is 0 Å². The minimum absolute atomic E-state index is 0.209. The summed E-state index contributed by atoms with van der Waals surface area (Å²) in [4.78, 5) is 13.8. The molecule has 0 aliphatic carbocycles. The van der Waals surface area contributed by atoms with Crippen molar-refractivity contribution in [2.45, 2.75) is 13.8 Å². The normalized spacial score (nSPS) is 10.3. The first-order valence-electron chi connectivity index (χ1n) is 5.93. The minimum atomic E-state index is -0.209. The number of hydrogen-bond donors (Lipinski definition) is 1. The molecular weight excluding hydrogens is 240 g/mol. The van der Waals surface area contributed by atoms with Gasteiger partial charge in [0.2, 0.25) is 0 Å². The first-order valence-corrected chi connectivity index (χ1v) is 5.93. The Balaban J connectivity index is 2.30. The first-order chi connectivity index (χ1) is 8.99. The molecule has 98 valence electrons. The number of aryl methyl sites for hydroxylation is 2. The SMILES string of the molecule is Cc1ccc(N(C)C(=O)c2ccc(N)nn2)c(C)c1. The molecule has 0 spiro atoms. The van der Waals surface area contributed by atoms with E-state index in [0.29, 0.717) is 5.82 Å². The molecule has 1 heterocycles. The summed E-state index contributed by atoms with van der Waals surface area (Å²) >= 11 is 0. The van der Waals surface area contributed by atoms with Gasteiger partial charge in [0.25, 0.3) is 5.91 Å². The standard InChI is InChI=1S/C14H16N4O/c1-9-4-6-12(10(2)8-9)18(3)14(19)11-5-7-13(15)17-16-11/h4-8H,1-3H3,(H2,15,17). The van der Waals surface area contributed by atoms with E-state index in [9.17, 15) is 4.79 Å². The van der Waals surface area contributed by atoms with Crippen LogP contribution in [0, 0.1) is 13.8 Å². The monoisotopic (exact) mass is 256 g/mol. The molecule has 0 saturated carbocycles. The number of nitrogens with two attached hydrogens (primary N) is 1. The number of carbonyl (C=O) groups is 1. The van der Waals surface area contributed by atoms with Crippen LogP contribution < -0.4 is 10.6 Å². The summed E-state index contributed by atoms with van der Waals surface area (Å²) < 4.78 is 0. The molecule has 1 amide bonds. The highest BCUT2D eigenvalue weighted by atomic mass is 16.2. The number of amides is 1. The zero-order chi connectivity index (χ0) is 14.0. The van der Waals surface area contributed by atoms with Crippen molar-refractivity contribution in [2.75, 3.05) is 17.7 Å². The summed E-state index contributed by atoms with van der Waals surface area (Å²) in [5.41, 5.74) is 8.79. The highest BCUT2D eigenvalue weighted by Crippen LogP contribution is 2.21. The quantitative estimate of drug-likeness (QED) is 0.891. The molecule has 0 unspecified atom stereocenters. The van der Waals surface area contributed by atoms with Crippen LogP contribution in [0.3, 0.4) is 0 Å². The lowest BCUT2D eigenvalue weighted by Crippen LogP contribution is -2.28. The molecule has 0 bridgehead atoms. The van der Waals surface area contributed by atoms with E-state index in [2.05, 4.69) is 10.2 Å². The van der Waals surface area contributed by atoms with E-state index in [1.807, 2.05) is 32.0 Å². The van der Waals surface area contributed by atoms with E-state index < -0.39 is 0 Å². The molecule has 19 heavy (non-hydrogen) atoms. The first kappa shape index (κ1) is 13.0. The molecule has 5 heteroatoms. The Morgan fingerprint density at radius 3 is 2.47 bits per heavy atom. The molecular formula is C14H16N4O. The van der Waals surface area contributed by atoms with E-state index >= 15 is 0 Å². The second-order valence-corrected chi connectivity index (χ2v) is 4.50. The highest BCUT2D eigenvalue weighted by Gasteiger charge is 2.16. The van der Waals surface area contributed by atoms with Crippen molar-refractivity contribution in [1.29, 1.82) is 0 Å². The lowest BCUT2D eigenvalue weighted by atomic mass is 10.1. The van der Waals surface area contributed by atoms with E-state index in [4.69, 9.17) is 5.73 Å². The van der Waals surface area contributed by atoms with Crippen molar-refractivity contribution < 1.29 is 4.79 Å². The predicted molar refractivity (Wildman–Crippen MR) is 75.1 cm³/mol. The van der Waals surface area contributed by atoms with Crippen LogP contribution in [0.5, 0.6) is 0 Å². The molecule has 5 nitrogen and oxygen atoms in total. The summed E-state index contributed by atoms with van der Waals surface area (Å²) in [5, 5.41) is 7.50. The number of benzene rings is 1. The summed E-state index contributed by atoms with van der Waals surface area (Å²) in [6.45, 7) is 3.99. The smallest absolute Gasteiger partial charge is 0.278 e. The maximum Gasteiger partial charge on any atom is 0.278 e. The van der Waals surface area contributed by atoms with E-state index in [1.165, 1.54) is 0 Å². The molecule has 1 aromatic heterocycles. The van der Waals surface area contributed by atoms with Crippen molar-refractivity contribution in [2.24, 2.45) is 0 Å². The number of anilines is 2. The second kappa shape index (κ2) is 5.06. The maximum atomic E-state index is 12.3. The lowest BCUT2D eigenvalue weighted by molar-refractivity contribution is 0.0987. The molecule has 0 fully saturated rings. The van der Waals surface area contributed by atoms with Gasteiger partial charge in [0.15, 0.2) is 5.69 Å². The Morgan fingerprint density at radius 1 is 1.16 bits per heavy atom. The van der Waals surface area contributed by atoms with Crippen molar-refractivity contribution >= 4 is 17.4 Å². The lowest BCUT2D eigenvalue weighted by Gasteiger charge is -2.19. The van der Waals surface area contributed by atoms with E-state index in [0.717, 1.165) is 16.8 Å². The van der Waals surface area contributed by atoms with E-state index in [1.54, 1.807) is 24.1 Å². The van der Waals surface area contributed by atoms with Gasteiger partial charge in [-0.1, -0.05) is 17.7 Å². The number of aromatic nitrogens is 2. The third-order valence-corrected chi connectivity index (χ3v) is 2.92. The fourth-order valence-corrected chi connectivity index (χ4v) is 1.92. The fourth-order valence-electron chi connectivity index (χ4n) is 1.92. The number of carbonyl (C=O) groups excluding carboxylic acids is 1. The molecule has 2 rings (SSSR count). The van der Waals surface area contributed by atoms with Gasteiger partial charge in [0.05, 0.1) is 0 Å². The highest BCUT2D eigenvalue weighted by molar-refractivity contribution is 6.04. The van der Waals surface area contributed by atoms with Crippen LogP contribution in [0.15, 0.2) is 30.3 Å². The number of nitrogens with zero attached hydrogens (tertiary/aromatic N) is 3.